The van der Waals surface area contributed by atoms with Gasteiger partial charge in [0.05, 0.1) is 11.5 Å². The van der Waals surface area contributed by atoms with Gasteiger partial charge in [-0.3, -0.25) is 8.98 Å². The van der Waals surface area contributed by atoms with Crippen molar-refractivity contribution in [2.75, 3.05) is 6.61 Å². The van der Waals surface area contributed by atoms with Gasteiger partial charge in [0.15, 0.2) is 0 Å². The average molecular weight is 431 g/mol. The lowest BCUT2D eigenvalue weighted by atomic mass is 9.42. The molecule has 1 spiro atoms. The summed E-state index contributed by atoms with van der Waals surface area (Å²) < 4.78 is 31.4. The summed E-state index contributed by atoms with van der Waals surface area (Å²) in [6.07, 6.45) is 9.57. The number of rotatable bonds is 4. The number of ketones is 1. The number of fused-ring (bicyclic) bond motifs is 2. The molecule has 5 heteroatoms. The minimum Gasteiger partial charge on any atom is -0.300 e. The summed E-state index contributed by atoms with van der Waals surface area (Å²) in [5, 5.41) is 0. The molecule has 2 saturated carbocycles. The van der Waals surface area contributed by atoms with E-state index < -0.39 is 10.1 Å². The van der Waals surface area contributed by atoms with Crippen LogP contribution in [0.15, 0.2) is 40.8 Å². The van der Waals surface area contributed by atoms with Gasteiger partial charge in [0.1, 0.15) is 5.78 Å². The number of benzene rings is 1. The Labute approximate surface area is 181 Å². The Morgan fingerprint density at radius 1 is 1.03 bits per heavy atom. The Morgan fingerprint density at radius 2 is 1.70 bits per heavy atom. The predicted octanol–water partition coefficient (Wildman–Crippen LogP) is 5.60. The number of hydrogen-bond acceptors (Lipinski definition) is 4. The van der Waals surface area contributed by atoms with E-state index in [-0.39, 0.29) is 28.3 Å². The molecule has 2 fully saturated rings. The van der Waals surface area contributed by atoms with E-state index in [9.17, 15) is 13.2 Å². The number of Topliss-reactive ketones (excluding diaryl/α,β-unsaturated/α-hetero) is 1. The van der Waals surface area contributed by atoms with Crippen LogP contribution in [0, 0.1) is 29.6 Å². The molecule has 0 unspecified atom stereocenters. The van der Waals surface area contributed by atoms with Crippen molar-refractivity contribution in [2.24, 2.45) is 22.7 Å². The molecule has 0 bridgehead atoms. The minimum absolute atomic E-state index is 0.0257. The summed E-state index contributed by atoms with van der Waals surface area (Å²) in [5.41, 5.74) is 2.58. The molecule has 0 N–H and O–H groups in total. The van der Waals surface area contributed by atoms with E-state index in [1.807, 2.05) is 6.92 Å². The second-order valence-electron chi connectivity index (χ2n) is 9.98. The smallest absolute Gasteiger partial charge is 0.296 e. The lowest BCUT2D eigenvalue weighted by Crippen LogP contribution is -2.57. The highest BCUT2D eigenvalue weighted by atomic mass is 32.2. The number of aryl methyl sites for hydroxylation is 1. The van der Waals surface area contributed by atoms with Crippen molar-refractivity contribution in [1.82, 2.24) is 0 Å². The Hall–Kier alpha value is -1.46. The molecule has 1 aromatic rings. The Balaban J connectivity index is 1.61. The van der Waals surface area contributed by atoms with Gasteiger partial charge in [0.2, 0.25) is 0 Å². The van der Waals surface area contributed by atoms with Crippen molar-refractivity contribution in [3.8, 4) is 0 Å². The van der Waals surface area contributed by atoms with Crippen molar-refractivity contribution >= 4 is 15.9 Å². The van der Waals surface area contributed by atoms with Gasteiger partial charge in [-0.25, -0.2) is 0 Å². The number of allylic oxidation sites excluding steroid dienone is 2. The van der Waals surface area contributed by atoms with E-state index in [1.165, 1.54) is 5.57 Å². The van der Waals surface area contributed by atoms with Gasteiger partial charge < -0.3 is 0 Å². The molecule has 30 heavy (non-hydrogen) atoms. The first-order chi connectivity index (χ1) is 14.2. The molecule has 4 rings (SSSR count). The lowest BCUT2D eigenvalue weighted by molar-refractivity contribution is -0.145. The summed E-state index contributed by atoms with van der Waals surface area (Å²) >= 11 is 0. The maximum atomic E-state index is 12.8. The first-order valence-corrected chi connectivity index (χ1v) is 12.7. The Morgan fingerprint density at radius 3 is 2.37 bits per heavy atom. The quantitative estimate of drug-likeness (QED) is 0.461. The maximum Gasteiger partial charge on any atom is 0.296 e. The van der Waals surface area contributed by atoms with E-state index in [4.69, 9.17) is 4.18 Å². The molecule has 0 amide bonds. The monoisotopic (exact) mass is 430 g/mol. The summed E-state index contributed by atoms with van der Waals surface area (Å²) in [6.45, 7) is 6.81. The minimum atomic E-state index is -3.78. The van der Waals surface area contributed by atoms with Gasteiger partial charge in [-0.2, -0.15) is 8.42 Å². The highest BCUT2D eigenvalue weighted by molar-refractivity contribution is 7.86. The molecule has 0 radical (unpaired) electrons. The number of carbonyl (C=O) groups excluding carboxylic acids is 1. The van der Waals surface area contributed by atoms with Crippen LogP contribution in [0.4, 0.5) is 0 Å². The first kappa shape index (κ1) is 21.8. The largest absolute Gasteiger partial charge is 0.300 e. The highest BCUT2D eigenvalue weighted by Crippen LogP contribution is 2.66. The van der Waals surface area contributed by atoms with Crippen LogP contribution in [0.5, 0.6) is 0 Å². The van der Waals surface area contributed by atoms with Gasteiger partial charge >= 0.3 is 0 Å². The van der Waals surface area contributed by atoms with Crippen LogP contribution in [0.2, 0.25) is 0 Å². The van der Waals surface area contributed by atoms with E-state index >= 15 is 0 Å². The molecule has 3 aliphatic carbocycles. The molecule has 0 saturated heterocycles. The summed E-state index contributed by atoms with van der Waals surface area (Å²) in [4.78, 5) is 12.3. The van der Waals surface area contributed by atoms with Gasteiger partial charge in [-0.1, -0.05) is 36.3 Å². The highest BCUT2D eigenvalue weighted by Gasteiger charge is 2.59. The van der Waals surface area contributed by atoms with Crippen LogP contribution in [-0.2, 0) is 19.1 Å². The molecular weight excluding hydrogens is 396 g/mol. The Kier molecular flexibility index (Phi) is 5.73. The molecular formula is C25H34O4S. The van der Waals surface area contributed by atoms with Crippen molar-refractivity contribution in [3.05, 3.63) is 41.5 Å². The third kappa shape index (κ3) is 3.58. The van der Waals surface area contributed by atoms with Gasteiger partial charge in [0.25, 0.3) is 10.1 Å². The van der Waals surface area contributed by atoms with Crippen molar-refractivity contribution in [1.29, 1.82) is 0 Å². The topological polar surface area (TPSA) is 60.4 Å². The van der Waals surface area contributed by atoms with Crippen LogP contribution >= 0.6 is 0 Å². The molecule has 0 heterocycles. The fourth-order valence-corrected chi connectivity index (χ4v) is 7.76. The van der Waals surface area contributed by atoms with Gasteiger partial charge in [0, 0.05) is 12.8 Å². The van der Waals surface area contributed by atoms with Crippen molar-refractivity contribution < 1.29 is 17.4 Å². The standard InChI is InChI=1S/C25H34O4S/c1-18-6-9-22(10-7-18)30(27,28)29-17-20-8-11-23-19(2)5-4-14-24(23,3)25(20)15-12-21(26)13-16-25/h5-7,9-10,20,23H,4,8,11-17H2,1-3H3/t20-,23-,24-/m0/s1. The molecule has 0 aromatic heterocycles. The Bertz CT molecular complexity index is 934. The predicted molar refractivity (Wildman–Crippen MR) is 118 cm³/mol. The molecule has 164 valence electrons. The second-order valence-corrected chi connectivity index (χ2v) is 11.6. The third-order valence-corrected chi connectivity index (χ3v) is 9.90. The van der Waals surface area contributed by atoms with Gasteiger partial charge in [-0.05, 0) is 87.2 Å². The summed E-state index contributed by atoms with van der Waals surface area (Å²) in [6, 6.07) is 6.84. The maximum absolute atomic E-state index is 12.8. The van der Waals surface area contributed by atoms with Crippen LogP contribution in [0.1, 0.15) is 70.8 Å². The van der Waals surface area contributed by atoms with Crippen LogP contribution in [-0.4, -0.2) is 20.8 Å². The number of carbonyl (C=O) groups is 1. The van der Waals surface area contributed by atoms with E-state index in [1.54, 1.807) is 24.3 Å². The second kappa shape index (κ2) is 7.90. The zero-order valence-electron chi connectivity index (χ0n) is 18.4. The third-order valence-electron chi connectivity index (χ3n) is 8.61. The van der Waals surface area contributed by atoms with Crippen molar-refractivity contribution in [2.45, 2.75) is 77.0 Å². The SMILES string of the molecule is CC1=CCC[C@@]2(C)[C@H]1CC[C@@H](COS(=O)(=O)c1ccc(C)cc1)C21CCC(=O)CC1. The van der Waals surface area contributed by atoms with E-state index in [0.29, 0.717) is 24.5 Å². The van der Waals surface area contributed by atoms with Gasteiger partial charge in [-0.15, -0.1) is 0 Å². The van der Waals surface area contributed by atoms with E-state index in [2.05, 4.69) is 19.9 Å². The number of hydrogen-bond donors (Lipinski definition) is 0. The molecule has 4 nitrogen and oxygen atoms in total. The lowest BCUT2D eigenvalue weighted by Gasteiger charge is -2.63. The summed E-state index contributed by atoms with van der Waals surface area (Å²) in [5.74, 6) is 1.05. The molecule has 0 aliphatic heterocycles. The zero-order valence-corrected chi connectivity index (χ0v) is 19.3. The first-order valence-electron chi connectivity index (χ1n) is 11.3. The molecule has 1 aromatic carbocycles. The van der Waals surface area contributed by atoms with E-state index in [0.717, 1.165) is 44.1 Å². The fraction of sp³-hybridized carbons (Fsp3) is 0.640. The molecule has 3 atom stereocenters. The fourth-order valence-electron chi connectivity index (χ4n) is 6.81. The normalized spacial score (nSPS) is 31.3. The molecule has 3 aliphatic rings. The van der Waals surface area contributed by atoms with Crippen LogP contribution in [0.3, 0.4) is 0 Å². The van der Waals surface area contributed by atoms with Crippen LogP contribution in [0.25, 0.3) is 0 Å². The summed E-state index contributed by atoms with van der Waals surface area (Å²) in [7, 11) is -3.78. The van der Waals surface area contributed by atoms with Crippen molar-refractivity contribution in [3.63, 3.8) is 0 Å². The average Bonchev–Trinajstić information content (AvgIpc) is 2.70. The van der Waals surface area contributed by atoms with Crippen LogP contribution < -0.4 is 0 Å². The zero-order chi connectivity index (χ0) is 21.6.